The highest BCUT2D eigenvalue weighted by atomic mass is 32.1. The van der Waals surface area contributed by atoms with Gasteiger partial charge < -0.3 is 14.6 Å². The zero-order chi connectivity index (χ0) is 17.8. The Bertz CT molecular complexity index is 837. The number of likely N-dealkylation sites (N-methyl/N-ethyl adjacent to an activating group) is 1. The number of benzene rings is 1. The average Bonchev–Trinajstić information content (AvgIpc) is 3.25. The second kappa shape index (κ2) is 7.85. The molecule has 132 valence electrons. The van der Waals surface area contributed by atoms with Crippen molar-refractivity contribution in [2.75, 3.05) is 20.6 Å². The van der Waals surface area contributed by atoms with Crippen LogP contribution in [0.2, 0.25) is 0 Å². The Hall–Kier alpha value is -2.11. The number of thiophene rings is 1. The van der Waals surface area contributed by atoms with Gasteiger partial charge in [0.05, 0.1) is 18.7 Å². The number of aryl methyl sites for hydroxylation is 1. The standard InChI is InChI=1S/C20H24N2O2S/c1-4-14-7-8-16-15(13-24-18(16)10-14)11-20(23)21-12-17(22(2)3)19-6-5-9-25-19/h5-10,13,17H,4,11-12H2,1-3H3,(H,21,23). The van der Waals surface area contributed by atoms with E-state index in [0.717, 1.165) is 23.0 Å². The predicted octanol–water partition coefficient (Wildman–Crippen LogP) is 4.02. The van der Waals surface area contributed by atoms with E-state index < -0.39 is 0 Å². The summed E-state index contributed by atoms with van der Waals surface area (Å²) in [6, 6.07) is 10.5. The van der Waals surface area contributed by atoms with Gasteiger partial charge in [-0.15, -0.1) is 11.3 Å². The molecular formula is C20H24N2O2S. The van der Waals surface area contributed by atoms with E-state index in [4.69, 9.17) is 4.42 Å². The molecule has 2 heterocycles. The van der Waals surface area contributed by atoms with Crippen LogP contribution >= 0.6 is 11.3 Å². The maximum Gasteiger partial charge on any atom is 0.224 e. The van der Waals surface area contributed by atoms with Crippen LogP contribution in [0.25, 0.3) is 11.0 Å². The van der Waals surface area contributed by atoms with Gasteiger partial charge in [-0.1, -0.05) is 25.1 Å². The second-order valence-electron chi connectivity index (χ2n) is 6.42. The van der Waals surface area contributed by atoms with Gasteiger partial charge in [0.1, 0.15) is 5.58 Å². The van der Waals surface area contributed by atoms with Gasteiger partial charge in [0.2, 0.25) is 5.91 Å². The molecule has 1 atom stereocenters. The van der Waals surface area contributed by atoms with Crippen LogP contribution in [0, 0.1) is 0 Å². The predicted molar refractivity (Wildman–Crippen MR) is 103 cm³/mol. The van der Waals surface area contributed by atoms with Crippen LogP contribution in [0.4, 0.5) is 0 Å². The summed E-state index contributed by atoms with van der Waals surface area (Å²) in [6.07, 6.45) is 3.01. The number of carbonyl (C=O) groups is 1. The Labute approximate surface area is 152 Å². The SMILES string of the molecule is CCc1ccc2c(CC(=O)NCC(c3cccs3)N(C)C)coc2c1. The molecule has 0 radical (unpaired) electrons. The number of nitrogens with zero attached hydrogens (tertiary/aromatic N) is 1. The molecule has 4 nitrogen and oxygen atoms in total. The molecule has 0 aliphatic carbocycles. The minimum atomic E-state index is 0.0191. The molecule has 25 heavy (non-hydrogen) atoms. The van der Waals surface area contributed by atoms with Crippen LogP contribution < -0.4 is 5.32 Å². The van der Waals surface area contributed by atoms with Crippen molar-refractivity contribution in [2.24, 2.45) is 0 Å². The number of nitrogens with one attached hydrogen (secondary N) is 1. The molecule has 2 aromatic heterocycles. The maximum absolute atomic E-state index is 12.4. The molecule has 0 aliphatic rings. The van der Waals surface area contributed by atoms with E-state index in [2.05, 4.69) is 46.8 Å². The third-order valence-corrected chi connectivity index (χ3v) is 5.44. The zero-order valence-corrected chi connectivity index (χ0v) is 15.7. The molecule has 1 aromatic carbocycles. The van der Waals surface area contributed by atoms with Crippen LogP contribution in [0.3, 0.4) is 0 Å². The quantitative estimate of drug-likeness (QED) is 0.695. The smallest absolute Gasteiger partial charge is 0.224 e. The number of amides is 1. The molecule has 0 spiro atoms. The molecule has 1 amide bonds. The van der Waals surface area contributed by atoms with Gasteiger partial charge in [0.15, 0.2) is 0 Å². The van der Waals surface area contributed by atoms with Crippen molar-refractivity contribution in [1.82, 2.24) is 10.2 Å². The second-order valence-corrected chi connectivity index (χ2v) is 7.40. The Balaban J connectivity index is 1.64. The van der Waals surface area contributed by atoms with Crippen molar-refractivity contribution in [3.63, 3.8) is 0 Å². The highest BCUT2D eigenvalue weighted by Gasteiger charge is 2.17. The van der Waals surface area contributed by atoms with Gasteiger partial charge in [-0.05, 0) is 43.6 Å². The Morgan fingerprint density at radius 2 is 2.16 bits per heavy atom. The normalized spacial score (nSPS) is 12.6. The van der Waals surface area contributed by atoms with Crippen molar-refractivity contribution in [2.45, 2.75) is 25.8 Å². The highest BCUT2D eigenvalue weighted by Crippen LogP contribution is 2.24. The van der Waals surface area contributed by atoms with Crippen LogP contribution in [0.15, 0.2) is 46.4 Å². The van der Waals surface area contributed by atoms with Crippen molar-refractivity contribution in [3.05, 3.63) is 58.0 Å². The molecule has 0 saturated heterocycles. The number of fused-ring (bicyclic) bond motifs is 1. The summed E-state index contributed by atoms with van der Waals surface area (Å²) in [5.74, 6) is 0.0191. The third-order valence-electron chi connectivity index (χ3n) is 4.47. The summed E-state index contributed by atoms with van der Waals surface area (Å²) in [6.45, 7) is 2.72. The molecule has 3 rings (SSSR count). The topological polar surface area (TPSA) is 45.5 Å². The average molecular weight is 356 g/mol. The van der Waals surface area contributed by atoms with Gasteiger partial charge in [0.25, 0.3) is 0 Å². The summed E-state index contributed by atoms with van der Waals surface area (Å²) in [7, 11) is 4.07. The van der Waals surface area contributed by atoms with Crippen LogP contribution in [-0.2, 0) is 17.6 Å². The van der Waals surface area contributed by atoms with Gasteiger partial charge >= 0.3 is 0 Å². The summed E-state index contributed by atoms with van der Waals surface area (Å²) in [5.41, 5.74) is 3.03. The van der Waals surface area contributed by atoms with E-state index in [0.29, 0.717) is 13.0 Å². The fourth-order valence-electron chi connectivity index (χ4n) is 2.95. The maximum atomic E-state index is 12.4. The first kappa shape index (κ1) is 17.7. The van der Waals surface area contributed by atoms with Crippen molar-refractivity contribution in [3.8, 4) is 0 Å². The minimum Gasteiger partial charge on any atom is -0.464 e. The van der Waals surface area contributed by atoms with Crippen LogP contribution in [-0.4, -0.2) is 31.4 Å². The lowest BCUT2D eigenvalue weighted by Crippen LogP contribution is -2.34. The lowest BCUT2D eigenvalue weighted by Gasteiger charge is -2.23. The van der Waals surface area contributed by atoms with E-state index in [1.165, 1.54) is 10.4 Å². The highest BCUT2D eigenvalue weighted by molar-refractivity contribution is 7.10. The number of furan rings is 1. The molecular weight excluding hydrogens is 332 g/mol. The fourth-order valence-corrected chi connectivity index (χ4v) is 3.87. The molecule has 1 unspecified atom stereocenters. The van der Waals surface area contributed by atoms with E-state index in [9.17, 15) is 4.79 Å². The molecule has 1 N–H and O–H groups in total. The first-order valence-electron chi connectivity index (χ1n) is 8.54. The summed E-state index contributed by atoms with van der Waals surface area (Å²) < 4.78 is 5.63. The Kier molecular flexibility index (Phi) is 5.56. The molecule has 5 heteroatoms. The van der Waals surface area contributed by atoms with Crippen molar-refractivity contribution in [1.29, 1.82) is 0 Å². The zero-order valence-electron chi connectivity index (χ0n) is 14.9. The van der Waals surface area contributed by atoms with E-state index in [1.807, 2.05) is 20.2 Å². The first-order valence-corrected chi connectivity index (χ1v) is 9.42. The number of hydrogen-bond acceptors (Lipinski definition) is 4. The lowest BCUT2D eigenvalue weighted by molar-refractivity contribution is -0.120. The van der Waals surface area contributed by atoms with E-state index in [1.54, 1.807) is 17.6 Å². The van der Waals surface area contributed by atoms with Crippen LogP contribution in [0.5, 0.6) is 0 Å². The third kappa shape index (κ3) is 4.11. The van der Waals surface area contributed by atoms with Crippen LogP contribution in [0.1, 0.15) is 29.0 Å². The summed E-state index contributed by atoms with van der Waals surface area (Å²) >= 11 is 1.71. The number of carbonyl (C=O) groups excluding carboxylic acids is 1. The van der Waals surface area contributed by atoms with Gasteiger partial charge in [0, 0.05) is 22.4 Å². The number of hydrogen-bond donors (Lipinski definition) is 1. The largest absolute Gasteiger partial charge is 0.464 e. The summed E-state index contributed by atoms with van der Waals surface area (Å²) in [5, 5.41) is 6.15. The molecule has 0 bridgehead atoms. The fraction of sp³-hybridized carbons (Fsp3) is 0.350. The molecule has 3 aromatic rings. The van der Waals surface area contributed by atoms with Gasteiger partial charge in [-0.3, -0.25) is 4.79 Å². The Morgan fingerprint density at radius 1 is 1.32 bits per heavy atom. The number of rotatable bonds is 7. The van der Waals surface area contributed by atoms with E-state index >= 15 is 0 Å². The van der Waals surface area contributed by atoms with Crippen molar-refractivity contribution >= 4 is 28.2 Å². The van der Waals surface area contributed by atoms with E-state index in [-0.39, 0.29) is 11.9 Å². The van der Waals surface area contributed by atoms with Crippen molar-refractivity contribution < 1.29 is 9.21 Å². The minimum absolute atomic E-state index is 0.0191. The lowest BCUT2D eigenvalue weighted by atomic mass is 10.1. The monoisotopic (exact) mass is 356 g/mol. The molecule has 0 aliphatic heterocycles. The van der Waals surface area contributed by atoms with Gasteiger partial charge in [-0.2, -0.15) is 0 Å². The Morgan fingerprint density at radius 3 is 2.84 bits per heavy atom. The molecule has 0 saturated carbocycles. The molecule has 0 fully saturated rings. The first-order chi connectivity index (χ1) is 12.1. The van der Waals surface area contributed by atoms with Gasteiger partial charge in [-0.25, -0.2) is 0 Å². The summed E-state index contributed by atoms with van der Waals surface area (Å²) in [4.78, 5) is 15.8.